The van der Waals surface area contributed by atoms with E-state index < -0.39 is 11.8 Å². The zero-order valence-electron chi connectivity index (χ0n) is 19.9. The van der Waals surface area contributed by atoms with E-state index in [0.717, 1.165) is 25.7 Å². The molecule has 1 N–H and O–H groups in total. The van der Waals surface area contributed by atoms with Crippen molar-refractivity contribution in [2.45, 2.75) is 32.6 Å². The highest BCUT2D eigenvalue weighted by molar-refractivity contribution is 5.93. The lowest BCUT2D eigenvalue weighted by Crippen LogP contribution is -2.20. The molecule has 1 fully saturated rings. The Hall–Kier alpha value is -4.26. The number of rotatable bonds is 6. The molecule has 4 aromatic rings. The molecule has 1 aromatic heterocycles. The fourth-order valence-corrected chi connectivity index (χ4v) is 4.63. The topological polar surface area (TPSA) is 73.2 Å². The van der Waals surface area contributed by atoms with E-state index in [9.17, 15) is 14.0 Å². The largest absolute Gasteiger partial charge is 0.407 e. The van der Waals surface area contributed by atoms with Crippen LogP contribution in [0, 0.1) is 11.7 Å². The van der Waals surface area contributed by atoms with E-state index in [1.165, 1.54) is 17.7 Å². The maximum atomic E-state index is 14.9. The Morgan fingerprint density at radius 1 is 0.944 bits per heavy atom. The maximum Gasteiger partial charge on any atom is 0.309 e. The van der Waals surface area contributed by atoms with Crippen LogP contribution in [0.4, 0.5) is 10.1 Å². The first-order chi connectivity index (χ1) is 17.5. The molecule has 0 saturated heterocycles. The number of nitrogens with zero attached hydrogens (tertiary/aromatic N) is 2. The van der Waals surface area contributed by atoms with Gasteiger partial charge >= 0.3 is 5.97 Å². The number of ether oxygens (including phenoxy) is 1. The lowest BCUT2D eigenvalue weighted by Gasteiger charge is -2.12. The van der Waals surface area contributed by atoms with E-state index in [1.54, 1.807) is 30.3 Å². The number of hydrogen-bond acceptors (Lipinski definition) is 4. The van der Waals surface area contributed by atoms with E-state index in [-0.39, 0.29) is 23.3 Å². The molecule has 0 spiro atoms. The summed E-state index contributed by atoms with van der Waals surface area (Å²) in [7, 11) is 0. The molecule has 7 heteroatoms. The number of nitrogens with one attached hydrogen (secondary N) is 1. The number of amides is 1. The molecule has 1 aliphatic rings. The number of halogens is 1. The molecule has 5 rings (SSSR count). The Bertz CT molecular complexity index is 1390. The molecule has 6 nitrogen and oxygen atoms in total. The SMILES string of the molecule is CC(=O)Oc1c(-c2ccc(NC(=O)C3CCCC3)cc2)c(-c2ccccc2F)nn1-c1ccccc1. The van der Waals surface area contributed by atoms with E-state index >= 15 is 0 Å². The van der Waals surface area contributed by atoms with Gasteiger partial charge in [0.1, 0.15) is 11.5 Å². The van der Waals surface area contributed by atoms with Crippen LogP contribution < -0.4 is 10.1 Å². The fraction of sp³-hybridized carbons (Fsp3) is 0.207. The second kappa shape index (κ2) is 10.2. The Balaban J connectivity index is 1.62. The van der Waals surface area contributed by atoms with Crippen molar-refractivity contribution in [3.05, 3.63) is 84.7 Å². The third-order valence-corrected chi connectivity index (χ3v) is 6.38. The zero-order chi connectivity index (χ0) is 25.1. The highest BCUT2D eigenvalue weighted by Crippen LogP contribution is 2.42. The summed E-state index contributed by atoms with van der Waals surface area (Å²) >= 11 is 0. The molecule has 3 aromatic carbocycles. The number of carbonyl (C=O) groups excluding carboxylic acids is 2. The van der Waals surface area contributed by atoms with Crippen LogP contribution in [-0.2, 0) is 9.59 Å². The van der Waals surface area contributed by atoms with Crippen LogP contribution >= 0.6 is 0 Å². The maximum absolute atomic E-state index is 14.9. The normalized spacial score (nSPS) is 13.5. The Morgan fingerprint density at radius 3 is 2.28 bits per heavy atom. The summed E-state index contributed by atoms with van der Waals surface area (Å²) in [6, 6.07) is 22.8. The molecule has 0 aliphatic heterocycles. The van der Waals surface area contributed by atoms with Gasteiger partial charge in [0.25, 0.3) is 0 Å². The molecule has 1 amide bonds. The van der Waals surface area contributed by atoms with Crippen molar-refractivity contribution in [3.63, 3.8) is 0 Å². The minimum Gasteiger partial charge on any atom is -0.407 e. The van der Waals surface area contributed by atoms with E-state index in [2.05, 4.69) is 5.32 Å². The van der Waals surface area contributed by atoms with Crippen molar-refractivity contribution in [1.29, 1.82) is 0 Å². The van der Waals surface area contributed by atoms with Crippen LogP contribution in [0.2, 0.25) is 0 Å². The van der Waals surface area contributed by atoms with Gasteiger partial charge in [-0.2, -0.15) is 9.78 Å². The van der Waals surface area contributed by atoms with Gasteiger partial charge < -0.3 is 10.1 Å². The van der Waals surface area contributed by atoms with Crippen molar-refractivity contribution in [2.24, 2.45) is 5.92 Å². The Kier molecular flexibility index (Phi) is 6.62. The van der Waals surface area contributed by atoms with Gasteiger partial charge in [0, 0.05) is 24.1 Å². The number of para-hydroxylation sites is 1. The second-order valence-electron chi connectivity index (χ2n) is 8.90. The second-order valence-corrected chi connectivity index (χ2v) is 8.90. The van der Waals surface area contributed by atoms with Crippen molar-refractivity contribution >= 4 is 17.6 Å². The first-order valence-electron chi connectivity index (χ1n) is 12.0. The van der Waals surface area contributed by atoms with E-state index in [1.807, 2.05) is 42.5 Å². The molecule has 0 radical (unpaired) electrons. The molecule has 182 valence electrons. The quantitative estimate of drug-likeness (QED) is 0.322. The monoisotopic (exact) mass is 483 g/mol. The van der Waals surface area contributed by atoms with Gasteiger partial charge in [-0.1, -0.05) is 55.3 Å². The molecule has 36 heavy (non-hydrogen) atoms. The molecule has 1 heterocycles. The van der Waals surface area contributed by atoms with Gasteiger partial charge in [-0.25, -0.2) is 4.39 Å². The lowest BCUT2D eigenvalue weighted by atomic mass is 10.0. The van der Waals surface area contributed by atoms with Crippen molar-refractivity contribution in [1.82, 2.24) is 9.78 Å². The number of aromatic nitrogens is 2. The third-order valence-electron chi connectivity index (χ3n) is 6.38. The highest BCUT2D eigenvalue weighted by atomic mass is 19.1. The average molecular weight is 484 g/mol. The molecule has 1 aliphatic carbocycles. The van der Waals surface area contributed by atoms with Crippen molar-refractivity contribution in [3.8, 4) is 34.0 Å². The fourth-order valence-electron chi connectivity index (χ4n) is 4.63. The molecular formula is C29H26FN3O3. The van der Waals surface area contributed by atoms with E-state index in [0.29, 0.717) is 28.2 Å². The van der Waals surface area contributed by atoms with E-state index in [4.69, 9.17) is 9.84 Å². The zero-order valence-corrected chi connectivity index (χ0v) is 19.9. The van der Waals surface area contributed by atoms with Crippen molar-refractivity contribution in [2.75, 3.05) is 5.32 Å². The molecule has 1 saturated carbocycles. The van der Waals surface area contributed by atoms with Crippen LogP contribution in [0.5, 0.6) is 5.88 Å². The predicted molar refractivity (Wildman–Crippen MR) is 136 cm³/mol. The number of carbonyl (C=O) groups is 2. The summed E-state index contributed by atoms with van der Waals surface area (Å²) in [4.78, 5) is 24.7. The van der Waals surface area contributed by atoms with Crippen LogP contribution in [0.15, 0.2) is 78.9 Å². The minimum absolute atomic E-state index is 0.0322. The van der Waals surface area contributed by atoms with Gasteiger partial charge in [0.15, 0.2) is 0 Å². The van der Waals surface area contributed by atoms with Gasteiger partial charge in [-0.3, -0.25) is 9.59 Å². The number of esters is 1. The smallest absolute Gasteiger partial charge is 0.309 e. The Labute approximate surface area is 208 Å². The minimum atomic E-state index is -0.520. The van der Waals surface area contributed by atoms with Gasteiger partial charge in [-0.05, 0) is 54.8 Å². The van der Waals surface area contributed by atoms with Gasteiger partial charge in [0.2, 0.25) is 11.8 Å². The first kappa shape index (κ1) is 23.5. The lowest BCUT2D eigenvalue weighted by molar-refractivity contribution is -0.132. The number of anilines is 1. The Morgan fingerprint density at radius 2 is 1.61 bits per heavy atom. The van der Waals surface area contributed by atoms with Crippen molar-refractivity contribution < 1.29 is 18.7 Å². The summed E-state index contributed by atoms with van der Waals surface area (Å²) < 4.78 is 22.1. The molecule has 0 bridgehead atoms. The average Bonchev–Trinajstić information content (AvgIpc) is 3.54. The van der Waals surface area contributed by atoms with Crippen LogP contribution in [0.25, 0.3) is 28.1 Å². The third kappa shape index (κ3) is 4.77. The molecular weight excluding hydrogens is 457 g/mol. The van der Waals surface area contributed by atoms with Crippen LogP contribution in [-0.4, -0.2) is 21.7 Å². The van der Waals surface area contributed by atoms with Gasteiger partial charge in [0.05, 0.1) is 11.3 Å². The van der Waals surface area contributed by atoms with Gasteiger partial charge in [-0.15, -0.1) is 0 Å². The van der Waals surface area contributed by atoms with Crippen LogP contribution in [0.3, 0.4) is 0 Å². The molecule has 0 atom stereocenters. The summed E-state index contributed by atoms with van der Waals surface area (Å²) in [5.74, 6) is -0.684. The highest BCUT2D eigenvalue weighted by Gasteiger charge is 2.26. The van der Waals surface area contributed by atoms with Crippen LogP contribution in [0.1, 0.15) is 32.6 Å². The standard InChI is InChI=1S/C29H26FN3O3/c1-19(34)36-29-26(20-15-17-22(18-16-20)31-28(35)21-9-5-6-10-21)27(24-13-7-8-14-25(24)30)32-33(29)23-11-3-2-4-12-23/h2-4,7-8,11-18,21H,5-6,9-10H2,1H3,(H,31,35). The number of hydrogen-bond donors (Lipinski definition) is 1. The summed E-state index contributed by atoms with van der Waals surface area (Å²) in [6.07, 6.45) is 4.00. The summed E-state index contributed by atoms with van der Waals surface area (Å²) in [5.41, 5.74) is 3.12. The predicted octanol–water partition coefficient (Wildman–Crippen LogP) is 6.40. The summed E-state index contributed by atoms with van der Waals surface area (Å²) in [5, 5.41) is 7.68. The molecule has 0 unspecified atom stereocenters. The number of benzene rings is 3. The first-order valence-corrected chi connectivity index (χ1v) is 12.0. The summed E-state index contributed by atoms with van der Waals surface area (Å²) in [6.45, 7) is 1.32.